The van der Waals surface area contributed by atoms with Gasteiger partial charge in [0.25, 0.3) is 0 Å². The second-order valence-corrected chi connectivity index (χ2v) is 5.22. The van der Waals surface area contributed by atoms with Crippen molar-refractivity contribution in [1.82, 2.24) is 4.98 Å². The molecule has 3 rings (SSSR count). The smallest absolute Gasteiger partial charge is 0.232 e. The fraction of sp³-hybridized carbons (Fsp3) is 0.571. The van der Waals surface area contributed by atoms with Crippen molar-refractivity contribution in [3.63, 3.8) is 0 Å². The van der Waals surface area contributed by atoms with Crippen molar-refractivity contribution in [3.8, 4) is 0 Å². The van der Waals surface area contributed by atoms with Gasteiger partial charge in [0.05, 0.1) is 30.9 Å². The van der Waals surface area contributed by atoms with Gasteiger partial charge in [-0.25, -0.2) is 4.98 Å². The zero-order chi connectivity index (χ0) is 13.4. The highest BCUT2D eigenvalue weighted by Crippen LogP contribution is 2.35. The van der Waals surface area contributed by atoms with Crippen molar-refractivity contribution in [1.29, 1.82) is 0 Å². The van der Waals surface area contributed by atoms with Gasteiger partial charge in [-0.2, -0.15) is 0 Å². The van der Waals surface area contributed by atoms with Crippen LogP contribution >= 0.6 is 0 Å². The van der Waals surface area contributed by atoms with Crippen LogP contribution in [0.2, 0.25) is 0 Å². The van der Waals surface area contributed by atoms with E-state index in [0.717, 1.165) is 30.0 Å². The standard InChI is InChI=1S/C14H19N3O2/c1-3-6-17-11-8-19-7-10(11)14(18)16-12-9(2)4-5-15-13(12)17/h4-5,10-11H,3,6-8H2,1-2H3,(H,16,18). The van der Waals surface area contributed by atoms with E-state index in [-0.39, 0.29) is 17.9 Å². The summed E-state index contributed by atoms with van der Waals surface area (Å²) in [4.78, 5) is 19.0. The van der Waals surface area contributed by atoms with Crippen molar-refractivity contribution in [2.45, 2.75) is 26.3 Å². The summed E-state index contributed by atoms with van der Waals surface area (Å²) < 4.78 is 5.51. The van der Waals surface area contributed by atoms with E-state index in [1.165, 1.54) is 0 Å². The molecule has 2 aliphatic rings. The second-order valence-electron chi connectivity index (χ2n) is 5.22. The van der Waals surface area contributed by atoms with Crippen LogP contribution in [0.15, 0.2) is 12.3 Å². The SMILES string of the molecule is CCCN1c2nccc(C)c2NC(=O)C2COCC21. The van der Waals surface area contributed by atoms with E-state index < -0.39 is 0 Å². The first-order chi connectivity index (χ1) is 9.22. The molecular weight excluding hydrogens is 242 g/mol. The van der Waals surface area contributed by atoms with Crippen molar-refractivity contribution < 1.29 is 9.53 Å². The molecule has 2 unspecified atom stereocenters. The number of carbonyl (C=O) groups excluding carboxylic acids is 1. The summed E-state index contributed by atoms with van der Waals surface area (Å²) in [6.07, 6.45) is 2.82. The number of nitrogens with one attached hydrogen (secondary N) is 1. The van der Waals surface area contributed by atoms with E-state index in [0.29, 0.717) is 13.2 Å². The third-order valence-corrected chi connectivity index (χ3v) is 3.91. The van der Waals surface area contributed by atoms with E-state index in [4.69, 9.17) is 4.74 Å². The molecule has 0 spiro atoms. The van der Waals surface area contributed by atoms with Gasteiger partial charge in [0.15, 0.2) is 5.82 Å². The number of aryl methyl sites for hydroxylation is 1. The molecule has 0 saturated carbocycles. The van der Waals surface area contributed by atoms with Crippen LogP contribution in [0.5, 0.6) is 0 Å². The Balaban J connectivity index is 2.10. The van der Waals surface area contributed by atoms with Gasteiger partial charge in [0.2, 0.25) is 5.91 Å². The average Bonchev–Trinajstić information content (AvgIpc) is 2.84. The zero-order valence-electron chi connectivity index (χ0n) is 11.3. The Morgan fingerprint density at radius 3 is 3.16 bits per heavy atom. The van der Waals surface area contributed by atoms with Gasteiger partial charge < -0.3 is 15.0 Å². The van der Waals surface area contributed by atoms with Crippen LogP contribution in [0.4, 0.5) is 11.5 Å². The van der Waals surface area contributed by atoms with Gasteiger partial charge in [0.1, 0.15) is 0 Å². The molecule has 0 bridgehead atoms. The first kappa shape index (κ1) is 12.4. The van der Waals surface area contributed by atoms with Crippen molar-refractivity contribution in [2.24, 2.45) is 5.92 Å². The van der Waals surface area contributed by atoms with Gasteiger partial charge in [-0.05, 0) is 25.0 Å². The number of anilines is 2. The number of ether oxygens (including phenoxy) is 1. The molecule has 2 aliphatic heterocycles. The molecule has 1 amide bonds. The predicted molar refractivity (Wildman–Crippen MR) is 73.3 cm³/mol. The molecule has 5 nitrogen and oxygen atoms in total. The first-order valence-electron chi connectivity index (χ1n) is 6.83. The van der Waals surface area contributed by atoms with Crippen LogP contribution in [0.1, 0.15) is 18.9 Å². The summed E-state index contributed by atoms with van der Waals surface area (Å²) in [5.74, 6) is 0.840. The summed E-state index contributed by atoms with van der Waals surface area (Å²) in [7, 11) is 0. The summed E-state index contributed by atoms with van der Waals surface area (Å²) >= 11 is 0. The molecule has 2 atom stereocenters. The Morgan fingerprint density at radius 2 is 2.37 bits per heavy atom. The Hall–Kier alpha value is -1.62. The number of hydrogen-bond acceptors (Lipinski definition) is 4. The zero-order valence-corrected chi connectivity index (χ0v) is 11.3. The Labute approximate surface area is 113 Å². The number of amides is 1. The van der Waals surface area contributed by atoms with E-state index >= 15 is 0 Å². The number of hydrogen-bond donors (Lipinski definition) is 1. The summed E-state index contributed by atoms with van der Waals surface area (Å²) in [6.45, 7) is 6.14. The Bertz CT molecular complexity index is 503. The Kier molecular flexibility index (Phi) is 3.14. The number of carbonyl (C=O) groups is 1. The first-order valence-corrected chi connectivity index (χ1v) is 6.83. The molecule has 0 radical (unpaired) electrons. The van der Waals surface area contributed by atoms with E-state index in [1.54, 1.807) is 6.20 Å². The van der Waals surface area contributed by atoms with Crippen LogP contribution < -0.4 is 10.2 Å². The summed E-state index contributed by atoms with van der Waals surface area (Å²) in [5.41, 5.74) is 1.91. The lowest BCUT2D eigenvalue weighted by Gasteiger charge is -2.30. The van der Waals surface area contributed by atoms with Crippen LogP contribution in [0, 0.1) is 12.8 Å². The minimum Gasteiger partial charge on any atom is -0.378 e. The molecule has 0 aliphatic carbocycles. The van der Waals surface area contributed by atoms with E-state index in [1.807, 2.05) is 13.0 Å². The van der Waals surface area contributed by atoms with Gasteiger partial charge >= 0.3 is 0 Å². The van der Waals surface area contributed by atoms with Crippen LogP contribution in [-0.2, 0) is 9.53 Å². The number of nitrogens with zero attached hydrogens (tertiary/aromatic N) is 2. The maximum atomic E-state index is 12.3. The normalized spacial score (nSPS) is 25.6. The molecule has 1 aromatic rings. The van der Waals surface area contributed by atoms with Gasteiger partial charge in [-0.15, -0.1) is 0 Å². The average molecular weight is 261 g/mol. The highest BCUT2D eigenvalue weighted by molar-refractivity contribution is 5.98. The van der Waals surface area contributed by atoms with Gasteiger partial charge in [0, 0.05) is 12.7 Å². The molecule has 102 valence electrons. The molecule has 1 fully saturated rings. The third-order valence-electron chi connectivity index (χ3n) is 3.91. The minimum absolute atomic E-state index is 0.0541. The maximum Gasteiger partial charge on any atom is 0.232 e. The summed E-state index contributed by atoms with van der Waals surface area (Å²) in [5, 5.41) is 3.03. The second kappa shape index (κ2) is 4.81. The fourth-order valence-electron chi connectivity index (χ4n) is 2.90. The lowest BCUT2D eigenvalue weighted by atomic mass is 10.0. The van der Waals surface area contributed by atoms with E-state index in [9.17, 15) is 4.79 Å². The maximum absolute atomic E-state index is 12.3. The topological polar surface area (TPSA) is 54.5 Å². The number of fused-ring (bicyclic) bond motifs is 2. The molecule has 1 saturated heterocycles. The van der Waals surface area contributed by atoms with Crippen molar-refractivity contribution >= 4 is 17.4 Å². The highest BCUT2D eigenvalue weighted by Gasteiger charge is 2.41. The highest BCUT2D eigenvalue weighted by atomic mass is 16.5. The summed E-state index contributed by atoms with van der Waals surface area (Å²) in [6, 6.07) is 2.04. The number of rotatable bonds is 2. The molecule has 1 N–H and O–H groups in total. The van der Waals surface area contributed by atoms with Crippen LogP contribution in [0.3, 0.4) is 0 Å². The monoisotopic (exact) mass is 261 g/mol. The molecule has 3 heterocycles. The molecule has 5 heteroatoms. The fourth-order valence-corrected chi connectivity index (χ4v) is 2.90. The van der Waals surface area contributed by atoms with Gasteiger partial charge in [-0.1, -0.05) is 6.92 Å². The molecule has 19 heavy (non-hydrogen) atoms. The third kappa shape index (κ3) is 1.98. The number of aromatic nitrogens is 1. The predicted octanol–water partition coefficient (Wildman–Crippen LogP) is 1.57. The lowest BCUT2D eigenvalue weighted by molar-refractivity contribution is -0.120. The largest absolute Gasteiger partial charge is 0.378 e. The number of pyridine rings is 1. The lowest BCUT2D eigenvalue weighted by Crippen LogP contribution is -2.43. The Morgan fingerprint density at radius 1 is 1.53 bits per heavy atom. The van der Waals surface area contributed by atoms with Crippen molar-refractivity contribution in [2.75, 3.05) is 30.0 Å². The minimum atomic E-state index is -0.0971. The van der Waals surface area contributed by atoms with E-state index in [2.05, 4.69) is 22.1 Å². The van der Waals surface area contributed by atoms with Crippen LogP contribution in [0.25, 0.3) is 0 Å². The van der Waals surface area contributed by atoms with Crippen LogP contribution in [-0.4, -0.2) is 36.7 Å². The molecule has 0 aromatic carbocycles. The van der Waals surface area contributed by atoms with Crippen molar-refractivity contribution in [3.05, 3.63) is 17.8 Å². The molecule has 1 aromatic heterocycles. The quantitative estimate of drug-likeness (QED) is 0.878. The van der Waals surface area contributed by atoms with Gasteiger partial charge in [-0.3, -0.25) is 4.79 Å². The molecular formula is C14H19N3O2.